The number of alkyl carbamates (subject to hydrolysis) is 1. The molecule has 29 heavy (non-hydrogen) atoms. The van der Waals surface area contributed by atoms with E-state index in [0.29, 0.717) is 13.2 Å². The van der Waals surface area contributed by atoms with Crippen LogP contribution in [-0.2, 0) is 14.3 Å². The number of hydrogen-bond acceptors (Lipinski definition) is 4. The van der Waals surface area contributed by atoms with Crippen molar-refractivity contribution >= 4 is 12.1 Å². The van der Waals surface area contributed by atoms with Gasteiger partial charge in [0.1, 0.15) is 6.54 Å². The first-order valence-corrected chi connectivity index (χ1v) is 12.1. The monoisotopic (exact) mass is 413 g/mol. The number of esters is 1. The second kappa shape index (κ2) is 21.4. The smallest absolute Gasteiger partial charge is 0.407 e. The largest absolute Gasteiger partial charge is 0.464 e. The highest BCUT2D eigenvalue weighted by atomic mass is 16.6. The molecule has 5 nitrogen and oxygen atoms in total. The standard InChI is InChI=1S/C24H47NO4/c1-4-5-6-7-8-9-10-11-12-13-14-15-16-17-18-19-28-23(26)20-25-24(27)29-21-22(2)3/h22H,4-21H2,1-3H3,(H,25,27). The lowest BCUT2D eigenvalue weighted by atomic mass is 10.0. The third kappa shape index (κ3) is 22.9. The maximum Gasteiger partial charge on any atom is 0.407 e. The first kappa shape index (κ1) is 27.7. The Hall–Kier alpha value is -1.26. The number of nitrogens with one attached hydrogen (secondary N) is 1. The fourth-order valence-corrected chi connectivity index (χ4v) is 3.15. The topological polar surface area (TPSA) is 64.6 Å². The van der Waals surface area contributed by atoms with Gasteiger partial charge < -0.3 is 14.8 Å². The number of carbonyl (C=O) groups excluding carboxylic acids is 2. The summed E-state index contributed by atoms with van der Waals surface area (Å²) in [6.45, 7) is 6.83. The van der Waals surface area contributed by atoms with Crippen LogP contribution < -0.4 is 5.32 Å². The molecule has 1 amide bonds. The van der Waals surface area contributed by atoms with E-state index in [9.17, 15) is 9.59 Å². The Balaban J connectivity index is 3.23. The molecule has 0 radical (unpaired) electrons. The van der Waals surface area contributed by atoms with Gasteiger partial charge in [0.25, 0.3) is 0 Å². The van der Waals surface area contributed by atoms with Crippen molar-refractivity contribution in [3.8, 4) is 0 Å². The van der Waals surface area contributed by atoms with Crippen LogP contribution in [0.4, 0.5) is 4.79 Å². The molecule has 0 aliphatic rings. The molecule has 0 bridgehead atoms. The van der Waals surface area contributed by atoms with Gasteiger partial charge in [-0.15, -0.1) is 0 Å². The Morgan fingerprint density at radius 2 is 1.14 bits per heavy atom. The molecule has 0 atom stereocenters. The summed E-state index contributed by atoms with van der Waals surface area (Å²) in [6, 6.07) is 0. The highest BCUT2D eigenvalue weighted by Gasteiger charge is 2.07. The van der Waals surface area contributed by atoms with Crippen molar-refractivity contribution in [1.29, 1.82) is 0 Å². The van der Waals surface area contributed by atoms with Crippen molar-refractivity contribution < 1.29 is 19.1 Å². The molecule has 0 saturated carbocycles. The van der Waals surface area contributed by atoms with E-state index >= 15 is 0 Å². The molecular formula is C24H47NO4. The molecule has 5 heteroatoms. The molecule has 0 aromatic heterocycles. The molecule has 0 aromatic rings. The molecule has 0 heterocycles. The van der Waals surface area contributed by atoms with Gasteiger partial charge in [0.15, 0.2) is 0 Å². The SMILES string of the molecule is CCCCCCCCCCCCCCCCCOC(=O)CNC(=O)OCC(C)C. The third-order valence-corrected chi connectivity index (χ3v) is 4.94. The van der Waals surface area contributed by atoms with E-state index in [1.54, 1.807) is 0 Å². The number of ether oxygens (including phenoxy) is 2. The molecule has 0 aromatic carbocycles. The molecule has 0 spiro atoms. The lowest BCUT2D eigenvalue weighted by Gasteiger charge is -2.09. The van der Waals surface area contributed by atoms with E-state index in [-0.39, 0.29) is 12.5 Å². The van der Waals surface area contributed by atoms with Crippen LogP contribution in [0.5, 0.6) is 0 Å². The summed E-state index contributed by atoms with van der Waals surface area (Å²) in [7, 11) is 0. The van der Waals surface area contributed by atoms with Crippen molar-refractivity contribution in [2.24, 2.45) is 5.92 Å². The highest BCUT2D eigenvalue weighted by Crippen LogP contribution is 2.13. The highest BCUT2D eigenvalue weighted by molar-refractivity contribution is 5.77. The first-order valence-electron chi connectivity index (χ1n) is 12.1. The number of hydrogen-bond donors (Lipinski definition) is 1. The molecule has 172 valence electrons. The van der Waals surface area contributed by atoms with E-state index in [4.69, 9.17) is 9.47 Å². The second-order valence-electron chi connectivity index (χ2n) is 8.52. The van der Waals surface area contributed by atoms with Crippen molar-refractivity contribution in [3.05, 3.63) is 0 Å². The van der Waals surface area contributed by atoms with Gasteiger partial charge in [0.05, 0.1) is 13.2 Å². The Morgan fingerprint density at radius 1 is 0.690 bits per heavy atom. The summed E-state index contributed by atoms with van der Waals surface area (Å²) in [5.74, 6) is -0.130. The predicted octanol–water partition coefficient (Wildman–Crippen LogP) is 6.78. The molecule has 0 unspecified atom stereocenters. The van der Waals surface area contributed by atoms with Crippen molar-refractivity contribution in [1.82, 2.24) is 5.32 Å². The Morgan fingerprint density at radius 3 is 1.59 bits per heavy atom. The van der Waals surface area contributed by atoms with Crippen LogP contribution in [-0.4, -0.2) is 31.8 Å². The maximum absolute atomic E-state index is 11.5. The molecule has 0 aliphatic heterocycles. The number of rotatable bonds is 20. The summed E-state index contributed by atoms with van der Waals surface area (Å²) in [4.78, 5) is 22.9. The van der Waals surface area contributed by atoms with Crippen LogP contribution >= 0.6 is 0 Å². The van der Waals surface area contributed by atoms with Crippen LogP contribution in [0.25, 0.3) is 0 Å². The van der Waals surface area contributed by atoms with Gasteiger partial charge in [-0.05, 0) is 12.3 Å². The fraction of sp³-hybridized carbons (Fsp3) is 0.917. The van der Waals surface area contributed by atoms with E-state index in [2.05, 4.69) is 12.2 Å². The van der Waals surface area contributed by atoms with E-state index < -0.39 is 12.1 Å². The molecular weight excluding hydrogens is 366 g/mol. The van der Waals surface area contributed by atoms with Crippen LogP contribution in [0.1, 0.15) is 117 Å². The normalized spacial score (nSPS) is 10.9. The summed E-state index contributed by atoms with van der Waals surface area (Å²) in [6.07, 6.45) is 19.1. The molecule has 0 aliphatic carbocycles. The summed E-state index contributed by atoms with van der Waals surface area (Å²) >= 11 is 0. The Kier molecular flexibility index (Phi) is 20.5. The predicted molar refractivity (Wildman–Crippen MR) is 120 cm³/mol. The first-order chi connectivity index (χ1) is 14.1. The molecule has 0 rings (SSSR count). The van der Waals surface area contributed by atoms with Crippen LogP contribution in [0.2, 0.25) is 0 Å². The zero-order chi connectivity index (χ0) is 21.6. The van der Waals surface area contributed by atoms with E-state index in [1.807, 2.05) is 13.8 Å². The fourth-order valence-electron chi connectivity index (χ4n) is 3.15. The van der Waals surface area contributed by atoms with Crippen molar-refractivity contribution in [2.45, 2.75) is 117 Å². The van der Waals surface area contributed by atoms with Crippen molar-refractivity contribution in [2.75, 3.05) is 19.8 Å². The van der Waals surface area contributed by atoms with Gasteiger partial charge in [-0.2, -0.15) is 0 Å². The summed E-state index contributed by atoms with van der Waals surface area (Å²) < 4.78 is 10.1. The Bertz CT molecular complexity index is 385. The summed E-state index contributed by atoms with van der Waals surface area (Å²) in [5, 5.41) is 2.41. The minimum Gasteiger partial charge on any atom is -0.464 e. The quantitative estimate of drug-likeness (QED) is 0.176. The average molecular weight is 414 g/mol. The lowest BCUT2D eigenvalue weighted by Crippen LogP contribution is -2.32. The van der Waals surface area contributed by atoms with Crippen LogP contribution in [0.3, 0.4) is 0 Å². The minimum atomic E-state index is -0.567. The average Bonchev–Trinajstić information content (AvgIpc) is 2.70. The van der Waals surface area contributed by atoms with Gasteiger partial charge in [-0.25, -0.2) is 4.79 Å². The zero-order valence-electron chi connectivity index (χ0n) is 19.4. The zero-order valence-corrected chi connectivity index (χ0v) is 19.4. The second-order valence-corrected chi connectivity index (χ2v) is 8.52. The minimum absolute atomic E-state index is 0.129. The maximum atomic E-state index is 11.5. The van der Waals surface area contributed by atoms with Gasteiger partial charge in [0, 0.05) is 0 Å². The number of amides is 1. The Labute approximate surface area is 179 Å². The van der Waals surface area contributed by atoms with Gasteiger partial charge in [0.2, 0.25) is 0 Å². The van der Waals surface area contributed by atoms with Gasteiger partial charge in [-0.1, -0.05) is 111 Å². The lowest BCUT2D eigenvalue weighted by molar-refractivity contribution is -0.142. The third-order valence-electron chi connectivity index (χ3n) is 4.94. The van der Waals surface area contributed by atoms with Crippen LogP contribution in [0, 0.1) is 5.92 Å². The van der Waals surface area contributed by atoms with Crippen LogP contribution in [0.15, 0.2) is 0 Å². The molecule has 1 N–H and O–H groups in total. The van der Waals surface area contributed by atoms with E-state index in [1.165, 1.54) is 83.5 Å². The van der Waals surface area contributed by atoms with E-state index in [0.717, 1.165) is 12.8 Å². The molecule has 0 saturated heterocycles. The van der Waals surface area contributed by atoms with Crippen molar-refractivity contribution in [3.63, 3.8) is 0 Å². The number of carbonyl (C=O) groups is 2. The number of unbranched alkanes of at least 4 members (excludes halogenated alkanes) is 14. The molecule has 0 fully saturated rings. The van der Waals surface area contributed by atoms with Gasteiger partial charge >= 0.3 is 12.1 Å². The summed E-state index contributed by atoms with van der Waals surface area (Å²) in [5.41, 5.74) is 0. The van der Waals surface area contributed by atoms with Gasteiger partial charge in [-0.3, -0.25) is 4.79 Å².